The van der Waals surface area contributed by atoms with E-state index >= 15 is 0 Å². The molecule has 0 aliphatic carbocycles. The number of nitrogens with zero attached hydrogens (tertiary/aromatic N) is 3. The highest BCUT2D eigenvalue weighted by Crippen LogP contribution is 2.28. The summed E-state index contributed by atoms with van der Waals surface area (Å²) in [7, 11) is 0. The summed E-state index contributed by atoms with van der Waals surface area (Å²) in [5.41, 5.74) is 6.57. The zero-order valence-corrected chi connectivity index (χ0v) is 10.4. The van der Waals surface area contributed by atoms with Crippen molar-refractivity contribution in [3.05, 3.63) is 16.7 Å². The third-order valence-corrected chi connectivity index (χ3v) is 3.17. The van der Waals surface area contributed by atoms with Crippen LogP contribution in [-0.2, 0) is 11.2 Å². The standard InChI is InChI=1S/C11H10N4O2S/c1-2-6-7(3-12)10(14)15-11(8(6)4-13)18-5-9(16)17/h2,5H2,1H3,(H2,14,15)(H,16,17). The third-order valence-electron chi connectivity index (χ3n) is 2.21. The number of thioether (sulfide) groups is 1. The number of nitrogens with two attached hydrogens (primary N) is 1. The van der Waals surface area contributed by atoms with Crippen LogP contribution in [0.1, 0.15) is 23.6 Å². The lowest BCUT2D eigenvalue weighted by Crippen LogP contribution is -2.06. The Morgan fingerprint density at radius 3 is 2.50 bits per heavy atom. The topological polar surface area (TPSA) is 124 Å². The lowest BCUT2D eigenvalue weighted by molar-refractivity contribution is -0.133. The Morgan fingerprint density at radius 2 is 2.06 bits per heavy atom. The van der Waals surface area contributed by atoms with Crippen molar-refractivity contribution in [1.82, 2.24) is 4.98 Å². The molecular weight excluding hydrogens is 252 g/mol. The van der Waals surface area contributed by atoms with Gasteiger partial charge in [-0.15, -0.1) is 0 Å². The van der Waals surface area contributed by atoms with Gasteiger partial charge in [0.15, 0.2) is 0 Å². The lowest BCUT2D eigenvalue weighted by atomic mass is 10.0. The summed E-state index contributed by atoms with van der Waals surface area (Å²) in [6.45, 7) is 1.79. The fourth-order valence-electron chi connectivity index (χ4n) is 1.46. The maximum atomic E-state index is 10.5. The van der Waals surface area contributed by atoms with Crippen LogP contribution in [-0.4, -0.2) is 21.8 Å². The minimum absolute atomic E-state index is 0.0289. The number of pyridine rings is 1. The van der Waals surface area contributed by atoms with E-state index in [0.717, 1.165) is 11.8 Å². The number of nitriles is 2. The second-order valence-electron chi connectivity index (χ2n) is 3.29. The number of carbonyl (C=O) groups is 1. The molecule has 0 amide bonds. The molecule has 7 heteroatoms. The first-order valence-corrected chi connectivity index (χ1v) is 6.00. The zero-order valence-electron chi connectivity index (χ0n) is 9.60. The Hall–Kier alpha value is -2.25. The van der Waals surface area contributed by atoms with Gasteiger partial charge in [0.2, 0.25) is 0 Å². The number of hydrogen-bond donors (Lipinski definition) is 2. The summed E-state index contributed by atoms with van der Waals surface area (Å²) in [6.07, 6.45) is 0.457. The maximum Gasteiger partial charge on any atom is 0.313 e. The second kappa shape index (κ2) is 5.89. The van der Waals surface area contributed by atoms with E-state index in [0.29, 0.717) is 12.0 Å². The van der Waals surface area contributed by atoms with Crippen molar-refractivity contribution in [1.29, 1.82) is 10.5 Å². The molecule has 18 heavy (non-hydrogen) atoms. The van der Waals surface area contributed by atoms with Gasteiger partial charge in [0.05, 0.1) is 16.9 Å². The van der Waals surface area contributed by atoms with E-state index in [2.05, 4.69) is 4.98 Å². The van der Waals surface area contributed by atoms with Gasteiger partial charge in [0.25, 0.3) is 0 Å². The summed E-state index contributed by atoms with van der Waals surface area (Å²) >= 11 is 0.920. The predicted molar refractivity (Wildman–Crippen MR) is 65.8 cm³/mol. The van der Waals surface area contributed by atoms with Gasteiger partial charge in [-0.3, -0.25) is 4.79 Å². The molecule has 1 heterocycles. The maximum absolute atomic E-state index is 10.5. The highest BCUT2D eigenvalue weighted by molar-refractivity contribution is 7.99. The van der Waals surface area contributed by atoms with E-state index in [1.54, 1.807) is 6.92 Å². The van der Waals surface area contributed by atoms with Crippen LogP contribution in [0.15, 0.2) is 5.03 Å². The molecule has 0 unspecified atom stereocenters. The molecule has 0 aromatic carbocycles. The van der Waals surface area contributed by atoms with Gasteiger partial charge in [-0.2, -0.15) is 10.5 Å². The minimum Gasteiger partial charge on any atom is -0.481 e. The number of anilines is 1. The van der Waals surface area contributed by atoms with E-state index in [1.165, 1.54) is 0 Å². The molecule has 0 aliphatic heterocycles. The van der Waals surface area contributed by atoms with Crippen LogP contribution in [0.2, 0.25) is 0 Å². The van der Waals surface area contributed by atoms with Crippen LogP contribution in [0.25, 0.3) is 0 Å². The van der Waals surface area contributed by atoms with E-state index in [4.69, 9.17) is 21.4 Å². The predicted octanol–water partition coefficient (Wildman–Crippen LogP) is 1.15. The van der Waals surface area contributed by atoms with Gasteiger partial charge < -0.3 is 10.8 Å². The molecule has 3 N–H and O–H groups in total. The SMILES string of the molecule is CCc1c(C#N)c(N)nc(SCC(=O)O)c1C#N. The van der Waals surface area contributed by atoms with E-state index < -0.39 is 5.97 Å². The Labute approximate surface area is 108 Å². The number of nitrogen functional groups attached to an aromatic ring is 1. The number of carboxylic acids is 1. The van der Waals surface area contributed by atoms with Gasteiger partial charge in [-0.1, -0.05) is 18.7 Å². The fraction of sp³-hybridized carbons (Fsp3) is 0.273. The van der Waals surface area contributed by atoms with Gasteiger partial charge in [0.1, 0.15) is 23.0 Å². The Balaban J connectivity index is 3.37. The van der Waals surface area contributed by atoms with Gasteiger partial charge in [-0.25, -0.2) is 4.98 Å². The summed E-state index contributed by atoms with van der Waals surface area (Å²) in [5, 5.41) is 27.0. The van der Waals surface area contributed by atoms with Gasteiger partial charge in [0, 0.05) is 0 Å². The first kappa shape index (κ1) is 13.8. The van der Waals surface area contributed by atoms with Crippen LogP contribution in [0.4, 0.5) is 5.82 Å². The monoisotopic (exact) mass is 262 g/mol. The molecule has 1 aromatic rings. The number of carboxylic acid groups (broad SMARTS) is 1. The van der Waals surface area contributed by atoms with Crippen molar-refractivity contribution < 1.29 is 9.90 Å². The Bertz CT molecular complexity index is 572. The van der Waals surface area contributed by atoms with Crippen LogP contribution >= 0.6 is 11.8 Å². The molecular formula is C11H10N4O2S. The Kier molecular flexibility index (Phi) is 4.52. The summed E-state index contributed by atoms with van der Waals surface area (Å²) in [4.78, 5) is 14.4. The minimum atomic E-state index is -1.01. The fourth-order valence-corrected chi connectivity index (χ4v) is 2.19. The van der Waals surface area contributed by atoms with Crippen molar-refractivity contribution in [3.8, 4) is 12.1 Å². The lowest BCUT2D eigenvalue weighted by Gasteiger charge is -2.10. The number of hydrogen-bond acceptors (Lipinski definition) is 6. The number of aliphatic carboxylic acids is 1. The summed E-state index contributed by atoms with van der Waals surface area (Å²) in [6, 6.07) is 3.88. The van der Waals surface area contributed by atoms with Crippen LogP contribution in [0, 0.1) is 22.7 Å². The van der Waals surface area contributed by atoms with Gasteiger partial charge >= 0.3 is 5.97 Å². The molecule has 0 atom stereocenters. The largest absolute Gasteiger partial charge is 0.481 e. The average Bonchev–Trinajstić information content (AvgIpc) is 2.34. The molecule has 1 aromatic heterocycles. The smallest absolute Gasteiger partial charge is 0.313 e. The van der Waals surface area contributed by atoms with Crippen LogP contribution < -0.4 is 5.73 Å². The first-order valence-electron chi connectivity index (χ1n) is 5.02. The van der Waals surface area contributed by atoms with Crippen LogP contribution in [0.5, 0.6) is 0 Å². The van der Waals surface area contributed by atoms with Crippen molar-refractivity contribution >= 4 is 23.5 Å². The normalized spacial score (nSPS) is 9.50. The van der Waals surface area contributed by atoms with E-state index in [1.807, 2.05) is 12.1 Å². The molecule has 0 fully saturated rings. The third kappa shape index (κ3) is 2.70. The molecule has 6 nitrogen and oxygen atoms in total. The zero-order chi connectivity index (χ0) is 13.7. The second-order valence-corrected chi connectivity index (χ2v) is 4.25. The molecule has 0 saturated heterocycles. The molecule has 0 radical (unpaired) electrons. The van der Waals surface area contributed by atoms with Crippen molar-refractivity contribution in [3.63, 3.8) is 0 Å². The van der Waals surface area contributed by atoms with E-state index in [-0.39, 0.29) is 27.7 Å². The number of aromatic nitrogens is 1. The first-order chi connectivity index (χ1) is 8.54. The van der Waals surface area contributed by atoms with E-state index in [9.17, 15) is 4.79 Å². The number of rotatable bonds is 4. The molecule has 1 rings (SSSR count). The van der Waals surface area contributed by atoms with Crippen molar-refractivity contribution in [2.24, 2.45) is 0 Å². The van der Waals surface area contributed by atoms with Crippen molar-refractivity contribution in [2.45, 2.75) is 18.4 Å². The highest BCUT2D eigenvalue weighted by Gasteiger charge is 2.18. The van der Waals surface area contributed by atoms with Crippen molar-refractivity contribution in [2.75, 3.05) is 11.5 Å². The Morgan fingerprint density at radius 1 is 1.44 bits per heavy atom. The average molecular weight is 262 g/mol. The van der Waals surface area contributed by atoms with Gasteiger partial charge in [-0.05, 0) is 12.0 Å². The van der Waals surface area contributed by atoms with Crippen LogP contribution in [0.3, 0.4) is 0 Å². The molecule has 0 spiro atoms. The highest BCUT2D eigenvalue weighted by atomic mass is 32.2. The quantitative estimate of drug-likeness (QED) is 0.779. The molecule has 0 saturated carbocycles. The molecule has 0 bridgehead atoms. The molecule has 92 valence electrons. The summed E-state index contributed by atoms with van der Waals surface area (Å²) in [5.74, 6) is -1.19. The summed E-state index contributed by atoms with van der Waals surface area (Å²) < 4.78 is 0. The molecule has 0 aliphatic rings.